The molecule has 1 aliphatic heterocycles. The van der Waals surface area contributed by atoms with Crippen molar-refractivity contribution in [1.29, 1.82) is 0 Å². The minimum absolute atomic E-state index is 0.0295. The highest BCUT2D eigenvalue weighted by atomic mass is 16.5. The topological polar surface area (TPSA) is 65.9 Å². The Morgan fingerprint density at radius 3 is 2.35 bits per heavy atom. The SMILES string of the molecule is COCC(O)CN1CCN(C(=O)c2ccc3nc(C)cc(-c4ccccc4-c4ccccc4)c3c2)CC1. The first-order chi connectivity index (χ1) is 18.0. The van der Waals surface area contributed by atoms with E-state index in [4.69, 9.17) is 9.72 Å². The van der Waals surface area contributed by atoms with E-state index in [9.17, 15) is 9.90 Å². The molecule has 6 heteroatoms. The average Bonchev–Trinajstić information content (AvgIpc) is 2.93. The van der Waals surface area contributed by atoms with Crippen LogP contribution in [0.25, 0.3) is 33.2 Å². The Morgan fingerprint density at radius 2 is 1.62 bits per heavy atom. The number of benzene rings is 3. The lowest BCUT2D eigenvalue weighted by Crippen LogP contribution is -2.50. The maximum atomic E-state index is 13.5. The van der Waals surface area contributed by atoms with Gasteiger partial charge in [-0.05, 0) is 53.4 Å². The number of piperazine rings is 1. The zero-order valence-electron chi connectivity index (χ0n) is 21.4. The molecular weight excluding hydrogens is 462 g/mol. The number of carbonyl (C=O) groups is 1. The minimum atomic E-state index is -0.513. The third-order valence-electron chi connectivity index (χ3n) is 6.97. The van der Waals surface area contributed by atoms with E-state index in [1.807, 2.05) is 36.1 Å². The molecule has 1 saturated heterocycles. The van der Waals surface area contributed by atoms with Crippen LogP contribution < -0.4 is 0 Å². The second-order valence-electron chi connectivity index (χ2n) is 9.66. The van der Waals surface area contributed by atoms with Gasteiger partial charge in [0.25, 0.3) is 5.91 Å². The molecule has 2 heterocycles. The van der Waals surface area contributed by atoms with Gasteiger partial charge >= 0.3 is 0 Å². The molecule has 0 bridgehead atoms. The molecule has 1 amide bonds. The van der Waals surface area contributed by atoms with Crippen molar-refractivity contribution < 1.29 is 14.6 Å². The van der Waals surface area contributed by atoms with Gasteiger partial charge in [0.15, 0.2) is 0 Å². The highest BCUT2D eigenvalue weighted by Gasteiger charge is 2.24. The monoisotopic (exact) mass is 495 g/mol. The molecular formula is C31H33N3O3. The molecule has 5 rings (SSSR count). The molecule has 4 aromatic rings. The molecule has 37 heavy (non-hydrogen) atoms. The van der Waals surface area contributed by atoms with Crippen LogP contribution in [0.4, 0.5) is 0 Å². The van der Waals surface area contributed by atoms with Crippen molar-refractivity contribution in [2.24, 2.45) is 0 Å². The first-order valence-electron chi connectivity index (χ1n) is 12.8. The Labute approximate surface area is 218 Å². The van der Waals surface area contributed by atoms with E-state index in [2.05, 4.69) is 59.5 Å². The average molecular weight is 496 g/mol. The van der Waals surface area contributed by atoms with Gasteiger partial charge in [-0.15, -0.1) is 0 Å². The first kappa shape index (κ1) is 25.1. The largest absolute Gasteiger partial charge is 0.389 e. The van der Waals surface area contributed by atoms with Crippen molar-refractivity contribution in [2.75, 3.05) is 46.4 Å². The number of amides is 1. The summed E-state index contributed by atoms with van der Waals surface area (Å²) in [5, 5.41) is 11.0. The van der Waals surface area contributed by atoms with Crippen LogP contribution in [0.5, 0.6) is 0 Å². The van der Waals surface area contributed by atoms with Crippen LogP contribution in [-0.2, 0) is 4.74 Å². The van der Waals surface area contributed by atoms with Crippen molar-refractivity contribution >= 4 is 16.8 Å². The zero-order chi connectivity index (χ0) is 25.8. The fourth-order valence-corrected chi connectivity index (χ4v) is 5.16. The number of pyridine rings is 1. The van der Waals surface area contributed by atoms with Gasteiger partial charge in [-0.25, -0.2) is 0 Å². The highest BCUT2D eigenvalue weighted by Crippen LogP contribution is 2.36. The van der Waals surface area contributed by atoms with Gasteiger partial charge in [0.05, 0.1) is 18.2 Å². The van der Waals surface area contributed by atoms with Gasteiger partial charge in [0.1, 0.15) is 0 Å². The number of aromatic nitrogens is 1. The molecule has 190 valence electrons. The lowest BCUT2D eigenvalue weighted by atomic mass is 9.91. The van der Waals surface area contributed by atoms with Crippen LogP contribution in [0.2, 0.25) is 0 Å². The molecule has 0 aliphatic carbocycles. The summed E-state index contributed by atoms with van der Waals surface area (Å²) in [6.07, 6.45) is -0.513. The van der Waals surface area contributed by atoms with Crippen LogP contribution >= 0.6 is 0 Å². The van der Waals surface area contributed by atoms with Gasteiger partial charge < -0.3 is 14.7 Å². The third kappa shape index (κ3) is 5.57. The molecule has 1 aliphatic rings. The predicted octanol–water partition coefficient (Wildman–Crippen LogP) is 4.64. The van der Waals surface area contributed by atoms with Crippen LogP contribution in [0.1, 0.15) is 16.1 Å². The number of hydrogen-bond acceptors (Lipinski definition) is 5. The molecule has 1 atom stereocenters. The summed E-state index contributed by atoms with van der Waals surface area (Å²) in [5.74, 6) is 0.0295. The van der Waals surface area contributed by atoms with Crippen molar-refractivity contribution in [3.05, 3.63) is 90.1 Å². The Morgan fingerprint density at radius 1 is 0.919 bits per heavy atom. The van der Waals surface area contributed by atoms with E-state index in [0.29, 0.717) is 31.8 Å². The number of β-amino-alcohol motifs (C(OH)–C–C–N with tert-alkyl or cyclic N) is 1. The fourth-order valence-electron chi connectivity index (χ4n) is 5.16. The molecule has 1 N–H and O–H groups in total. The number of nitrogens with zero attached hydrogens (tertiary/aromatic N) is 3. The minimum Gasteiger partial charge on any atom is -0.389 e. The zero-order valence-corrected chi connectivity index (χ0v) is 21.4. The molecule has 0 radical (unpaired) electrons. The fraction of sp³-hybridized carbons (Fsp3) is 0.290. The number of methoxy groups -OCH3 is 1. The van der Waals surface area contributed by atoms with Crippen LogP contribution in [-0.4, -0.2) is 78.3 Å². The van der Waals surface area contributed by atoms with E-state index in [-0.39, 0.29) is 5.91 Å². The summed E-state index contributed by atoms with van der Waals surface area (Å²) in [7, 11) is 1.59. The van der Waals surface area contributed by atoms with Crippen molar-refractivity contribution in [3.8, 4) is 22.3 Å². The predicted molar refractivity (Wildman–Crippen MR) is 148 cm³/mol. The Kier molecular flexibility index (Phi) is 7.60. The number of carbonyl (C=O) groups excluding carboxylic acids is 1. The van der Waals surface area contributed by atoms with Gasteiger partial charge in [0.2, 0.25) is 0 Å². The summed E-state index contributed by atoms with van der Waals surface area (Å²) in [5.41, 5.74) is 7.00. The van der Waals surface area contributed by atoms with Gasteiger partial charge in [-0.2, -0.15) is 0 Å². The highest BCUT2D eigenvalue weighted by molar-refractivity contribution is 6.04. The van der Waals surface area contributed by atoms with E-state index < -0.39 is 6.10 Å². The summed E-state index contributed by atoms with van der Waals surface area (Å²) in [4.78, 5) is 22.3. The maximum absolute atomic E-state index is 13.5. The van der Waals surface area contributed by atoms with Gasteiger partial charge in [-0.3, -0.25) is 14.7 Å². The summed E-state index contributed by atoms with van der Waals surface area (Å²) >= 11 is 0. The molecule has 3 aromatic carbocycles. The maximum Gasteiger partial charge on any atom is 0.253 e. The van der Waals surface area contributed by atoms with Crippen molar-refractivity contribution in [1.82, 2.24) is 14.8 Å². The normalized spacial score (nSPS) is 15.2. The second kappa shape index (κ2) is 11.2. The summed E-state index contributed by atoms with van der Waals surface area (Å²) in [6, 6.07) is 26.7. The lowest BCUT2D eigenvalue weighted by Gasteiger charge is -2.35. The van der Waals surface area contributed by atoms with Crippen LogP contribution in [0.15, 0.2) is 78.9 Å². The summed E-state index contributed by atoms with van der Waals surface area (Å²) in [6.45, 7) is 5.61. The smallest absolute Gasteiger partial charge is 0.253 e. The van der Waals surface area contributed by atoms with Crippen molar-refractivity contribution in [2.45, 2.75) is 13.0 Å². The standard InChI is InChI=1S/C31H33N3O3/c1-22-18-28(27-11-7-6-10-26(27)23-8-4-3-5-9-23)29-19-24(12-13-30(29)32-22)31(36)34-16-14-33(15-17-34)20-25(35)21-37-2/h3-13,18-19,25,35H,14-17,20-21H2,1-2H3. The van der Waals surface area contributed by atoms with Gasteiger partial charge in [0, 0.05) is 56.5 Å². The second-order valence-corrected chi connectivity index (χ2v) is 9.66. The van der Waals surface area contributed by atoms with Crippen LogP contribution in [0.3, 0.4) is 0 Å². The van der Waals surface area contributed by atoms with E-state index >= 15 is 0 Å². The number of fused-ring (bicyclic) bond motifs is 1. The molecule has 1 fully saturated rings. The first-order valence-corrected chi connectivity index (χ1v) is 12.8. The Hall–Kier alpha value is -3.58. The summed E-state index contributed by atoms with van der Waals surface area (Å²) < 4.78 is 5.03. The molecule has 1 aromatic heterocycles. The molecule has 1 unspecified atom stereocenters. The third-order valence-corrected chi connectivity index (χ3v) is 6.97. The number of aliphatic hydroxyl groups is 1. The molecule has 6 nitrogen and oxygen atoms in total. The number of ether oxygens (including phenoxy) is 1. The number of aryl methyl sites for hydroxylation is 1. The van der Waals surface area contributed by atoms with E-state index in [1.54, 1.807) is 7.11 Å². The Bertz CT molecular complexity index is 1380. The van der Waals surface area contributed by atoms with Gasteiger partial charge in [-0.1, -0.05) is 54.6 Å². The molecule has 0 saturated carbocycles. The number of aliphatic hydroxyl groups excluding tert-OH is 1. The van der Waals surface area contributed by atoms with E-state index in [0.717, 1.165) is 51.9 Å². The molecule has 0 spiro atoms. The van der Waals surface area contributed by atoms with E-state index in [1.165, 1.54) is 0 Å². The number of rotatable bonds is 7. The Balaban J connectivity index is 1.45. The van der Waals surface area contributed by atoms with Crippen LogP contribution in [0, 0.1) is 6.92 Å². The van der Waals surface area contributed by atoms with Crippen molar-refractivity contribution in [3.63, 3.8) is 0 Å². The quantitative estimate of drug-likeness (QED) is 0.405. The number of hydrogen-bond donors (Lipinski definition) is 1. The lowest BCUT2D eigenvalue weighted by molar-refractivity contribution is 0.0232.